The van der Waals surface area contributed by atoms with Crippen LogP contribution in [0.15, 0.2) is 77.7 Å². The maximum atomic E-state index is 13.0. The minimum Gasteiger partial charge on any atom is -0.274 e. The van der Waals surface area contributed by atoms with Crippen LogP contribution in [0.3, 0.4) is 0 Å². The molecule has 3 aromatic carbocycles. The standard InChI is InChI=1S/C28H31NO5S3/c1-28(2,3)29-27(30)17-26(37(29,33)34)23-14-10-21(11-15-23)19-35-18-20-8-12-22(13-9-20)24-6-5-7-25(16-24)36(4,31)32/h5-16,26H,17-19H2,1-4H3. The van der Waals surface area contributed by atoms with Crippen LogP contribution in [-0.4, -0.2) is 38.8 Å². The molecule has 0 saturated carbocycles. The highest BCUT2D eigenvalue weighted by Gasteiger charge is 2.49. The number of amides is 1. The highest BCUT2D eigenvalue weighted by atomic mass is 32.2. The summed E-state index contributed by atoms with van der Waals surface area (Å²) in [6, 6.07) is 22.5. The van der Waals surface area contributed by atoms with Gasteiger partial charge >= 0.3 is 0 Å². The second-order valence-corrected chi connectivity index (χ2v) is 15.3. The highest BCUT2D eigenvalue weighted by molar-refractivity contribution is 7.97. The number of benzene rings is 3. The lowest BCUT2D eigenvalue weighted by Crippen LogP contribution is -2.45. The first kappa shape index (κ1) is 27.4. The van der Waals surface area contributed by atoms with Crippen LogP contribution >= 0.6 is 11.8 Å². The van der Waals surface area contributed by atoms with Gasteiger partial charge < -0.3 is 0 Å². The van der Waals surface area contributed by atoms with Crippen molar-refractivity contribution in [1.29, 1.82) is 0 Å². The van der Waals surface area contributed by atoms with Crippen LogP contribution in [0.25, 0.3) is 11.1 Å². The number of nitrogens with zero attached hydrogens (tertiary/aromatic N) is 1. The highest BCUT2D eigenvalue weighted by Crippen LogP contribution is 2.40. The van der Waals surface area contributed by atoms with E-state index < -0.39 is 30.6 Å². The molecule has 1 atom stereocenters. The summed E-state index contributed by atoms with van der Waals surface area (Å²) < 4.78 is 50.7. The molecule has 1 unspecified atom stereocenters. The van der Waals surface area contributed by atoms with Crippen molar-refractivity contribution in [2.24, 2.45) is 0 Å². The Morgan fingerprint density at radius 3 is 1.97 bits per heavy atom. The molecule has 0 bridgehead atoms. The minimum absolute atomic E-state index is 0.0255. The second kappa shape index (κ2) is 10.3. The van der Waals surface area contributed by atoms with Crippen molar-refractivity contribution in [3.8, 4) is 11.1 Å². The Balaban J connectivity index is 1.36. The number of hydrogen-bond acceptors (Lipinski definition) is 6. The molecule has 0 radical (unpaired) electrons. The van der Waals surface area contributed by atoms with Gasteiger partial charge in [-0.25, -0.2) is 21.1 Å². The van der Waals surface area contributed by atoms with Gasteiger partial charge in [0.15, 0.2) is 9.84 Å². The van der Waals surface area contributed by atoms with Gasteiger partial charge in [0.25, 0.3) is 0 Å². The summed E-state index contributed by atoms with van der Waals surface area (Å²) in [5.41, 5.74) is 3.92. The molecule has 37 heavy (non-hydrogen) atoms. The Bertz CT molecular complexity index is 1510. The van der Waals surface area contributed by atoms with Crippen LogP contribution in [0.5, 0.6) is 0 Å². The zero-order valence-corrected chi connectivity index (χ0v) is 23.8. The molecule has 6 nitrogen and oxygen atoms in total. The number of thioether (sulfide) groups is 1. The summed E-state index contributed by atoms with van der Waals surface area (Å²) in [7, 11) is -6.99. The van der Waals surface area contributed by atoms with E-state index in [-0.39, 0.29) is 12.3 Å². The molecule has 1 heterocycles. The largest absolute Gasteiger partial charge is 0.274 e. The quantitative estimate of drug-likeness (QED) is 0.376. The molecule has 1 fully saturated rings. The van der Waals surface area contributed by atoms with Crippen LogP contribution in [0.1, 0.15) is 49.1 Å². The molecule has 0 spiro atoms. The van der Waals surface area contributed by atoms with E-state index in [0.717, 1.165) is 38.1 Å². The maximum absolute atomic E-state index is 13.0. The summed E-state index contributed by atoms with van der Waals surface area (Å²) in [6.45, 7) is 5.19. The molecule has 3 aromatic rings. The molecule has 4 rings (SSSR count). The average Bonchev–Trinajstić information content (AvgIpc) is 3.08. The summed E-state index contributed by atoms with van der Waals surface area (Å²) in [6.07, 6.45) is 1.18. The van der Waals surface area contributed by atoms with Crippen LogP contribution in [0.4, 0.5) is 0 Å². The lowest BCUT2D eigenvalue weighted by atomic mass is 10.0. The normalized spacial score (nSPS) is 17.8. The van der Waals surface area contributed by atoms with Crippen molar-refractivity contribution in [2.75, 3.05) is 6.26 Å². The van der Waals surface area contributed by atoms with E-state index in [2.05, 4.69) is 0 Å². The Hall–Kier alpha value is -2.62. The van der Waals surface area contributed by atoms with E-state index in [1.54, 1.807) is 50.7 Å². The van der Waals surface area contributed by atoms with E-state index in [1.165, 1.54) is 6.26 Å². The van der Waals surface area contributed by atoms with Crippen molar-refractivity contribution < 1.29 is 21.6 Å². The zero-order valence-electron chi connectivity index (χ0n) is 21.3. The minimum atomic E-state index is -3.74. The molecular weight excluding hydrogens is 527 g/mol. The molecule has 1 amide bonds. The second-order valence-electron chi connectivity index (χ2n) is 10.3. The fourth-order valence-electron chi connectivity index (χ4n) is 4.48. The lowest BCUT2D eigenvalue weighted by Gasteiger charge is -2.30. The van der Waals surface area contributed by atoms with Crippen LogP contribution in [-0.2, 0) is 36.2 Å². The van der Waals surface area contributed by atoms with Crippen molar-refractivity contribution in [2.45, 2.75) is 54.4 Å². The van der Waals surface area contributed by atoms with Crippen molar-refractivity contribution >= 4 is 37.5 Å². The van der Waals surface area contributed by atoms with Gasteiger partial charge in [-0.1, -0.05) is 60.7 Å². The van der Waals surface area contributed by atoms with Gasteiger partial charge in [-0.05, 0) is 60.7 Å². The molecule has 0 N–H and O–H groups in total. The van der Waals surface area contributed by atoms with Crippen molar-refractivity contribution in [1.82, 2.24) is 4.31 Å². The van der Waals surface area contributed by atoms with Crippen LogP contribution in [0.2, 0.25) is 0 Å². The van der Waals surface area contributed by atoms with Gasteiger partial charge in [-0.3, -0.25) is 4.79 Å². The number of hydrogen-bond donors (Lipinski definition) is 0. The van der Waals surface area contributed by atoms with E-state index in [9.17, 15) is 21.6 Å². The smallest absolute Gasteiger partial charge is 0.245 e. The number of rotatable bonds is 7. The Morgan fingerprint density at radius 1 is 0.892 bits per heavy atom. The monoisotopic (exact) mass is 557 g/mol. The Kier molecular flexibility index (Phi) is 7.61. The number of carbonyl (C=O) groups excluding carboxylic acids is 1. The maximum Gasteiger partial charge on any atom is 0.245 e. The lowest BCUT2D eigenvalue weighted by molar-refractivity contribution is -0.128. The first-order chi connectivity index (χ1) is 17.3. The van der Waals surface area contributed by atoms with E-state index >= 15 is 0 Å². The zero-order chi connectivity index (χ0) is 27.0. The third-order valence-corrected chi connectivity index (χ3v) is 10.9. The molecule has 196 valence electrons. The number of sulfone groups is 1. The van der Waals surface area contributed by atoms with Crippen LogP contribution in [0, 0.1) is 0 Å². The summed E-state index contributed by atoms with van der Waals surface area (Å²) in [5.74, 6) is 1.21. The first-order valence-electron chi connectivity index (χ1n) is 11.9. The van der Waals surface area contributed by atoms with Gasteiger partial charge in [0.1, 0.15) is 5.25 Å². The number of sulfonamides is 1. The molecule has 1 saturated heterocycles. The fourth-order valence-corrected chi connectivity index (χ4v) is 8.33. The van der Waals surface area contributed by atoms with Crippen molar-refractivity contribution in [3.05, 3.63) is 89.5 Å². The molecule has 9 heteroatoms. The van der Waals surface area contributed by atoms with Gasteiger partial charge in [-0.15, -0.1) is 0 Å². The average molecular weight is 558 g/mol. The van der Waals surface area contributed by atoms with Crippen molar-refractivity contribution in [3.63, 3.8) is 0 Å². The topological polar surface area (TPSA) is 88.6 Å². The third-order valence-electron chi connectivity index (χ3n) is 6.25. The Labute approximate surface area is 224 Å². The van der Waals surface area contributed by atoms with Gasteiger partial charge in [0.2, 0.25) is 15.9 Å². The van der Waals surface area contributed by atoms with E-state index in [0.29, 0.717) is 10.5 Å². The molecule has 0 aromatic heterocycles. The first-order valence-corrected chi connectivity index (χ1v) is 16.4. The van der Waals surface area contributed by atoms with E-state index in [4.69, 9.17) is 0 Å². The summed E-state index contributed by atoms with van der Waals surface area (Å²) >= 11 is 1.75. The van der Waals surface area contributed by atoms with Gasteiger partial charge in [0.05, 0.1) is 16.9 Å². The predicted octanol–water partition coefficient (Wildman–Crippen LogP) is 5.59. The molecule has 1 aliphatic heterocycles. The summed E-state index contributed by atoms with van der Waals surface area (Å²) in [5, 5.41) is -0.836. The molecular formula is C28H31NO5S3. The number of carbonyl (C=O) groups is 1. The molecule has 0 aliphatic carbocycles. The predicted molar refractivity (Wildman–Crippen MR) is 149 cm³/mol. The SMILES string of the molecule is CC(C)(C)N1C(=O)CC(c2ccc(CSCc3ccc(-c4cccc(S(C)(=O)=O)c4)cc3)cc2)S1(=O)=O. The summed E-state index contributed by atoms with van der Waals surface area (Å²) in [4.78, 5) is 12.7. The third kappa shape index (κ3) is 6.10. The molecule has 1 aliphatic rings. The van der Waals surface area contributed by atoms with E-state index in [1.807, 2.05) is 54.6 Å². The van der Waals surface area contributed by atoms with Gasteiger partial charge in [0, 0.05) is 17.8 Å². The van der Waals surface area contributed by atoms with Crippen LogP contribution < -0.4 is 0 Å². The fraction of sp³-hybridized carbons (Fsp3) is 0.321. The van der Waals surface area contributed by atoms with Gasteiger partial charge in [-0.2, -0.15) is 11.8 Å². The Morgan fingerprint density at radius 2 is 1.46 bits per heavy atom.